The van der Waals surface area contributed by atoms with Crippen molar-refractivity contribution in [3.8, 4) is 0 Å². The van der Waals surface area contributed by atoms with E-state index in [0.717, 1.165) is 16.4 Å². The average Bonchev–Trinajstić information content (AvgIpc) is 3.09. The number of hydrogen-bond acceptors (Lipinski definition) is 5. The molecule has 0 unspecified atom stereocenters. The number of rotatable bonds is 2. The van der Waals surface area contributed by atoms with Gasteiger partial charge in [0.25, 0.3) is 0 Å². The summed E-state index contributed by atoms with van der Waals surface area (Å²) in [6.45, 7) is 4.14. The van der Waals surface area contributed by atoms with Crippen molar-refractivity contribution in [2.24, 2.45) is 9.98 Å². The topological polar surface area (TPSA) is 46.0 Å². The van der Waals surface area contributed by atoms with Crippen LogP contribution in [0.25, 0.3) is 0 Å². The van der Waals surface area contributed by atoms with Crippen LogP contribution >= 0.6 is 11.8 Å². The smallest absolute Gasteiger partial charge is 0.219 e. The molecule has 2 aromatic rings. The number of anilines is 1. The summed E-state index contributed by atoms with van der Waals surface area (Å²) in [5.74, 6) is 0.686. The van der Waals surface area contributed by atoms with Gasteiger partial charge in [-0.15, -0.1) is 0 Å². The highest BCUT2D eigenvalue weighted by Gasteiger charge is 2.38. The highest BCUT2D eigenvalue weighted by molar-refractivity contribution is 8.14. The van der Waals surface area contributed by atoms with Crippen LogP contribution in [0.5, 0.6) is 0 Å². The van der Waals surface area contributed by atoms with Gasteiger partial charge in [0.05, 0.1) is 0 Å². The van der Waals surface area contributed by atoms with Gasteiger partial charge in [-0.3, -0.25) is 0 Å². The first-order valence-electron chi connectivity index (χ1n) is 7.57. The van der Waals surface area contributed by atoms with Gasteiger partial charge in [-0.1, -0.05) is 35.4 Å². The molecule has 0 saturated carbocycles. The van der Waals surface area contributed by atoms with Crippen LogP contribution in [-0.2, 0) is 4.74 Å². The number of benzene rings is 2. The Morgan fingerprint density at radius 1 is 0.913 bits per heavy atom. The van der Waals surface area contributed by atoms with Crippen molar-refractivity contribution in [3.63, 3.8) is 0 Å². The Morgan fingerprint density at radius 3 is 2.22 bits per heavy atom. The van der Waals surface area contributed by atoms with Crippen molar-refractivity contribution in [2.75, 3.05) is 5.32 Å². The van der Waals surface area contributed by atoms with E-state index in [2.05, 4.69) is 53.4 Å². The Hall–Kier alpha value is -2.27. The van der Waals surface area contributed by atoms with E-state index in [0.29, 0.717) is 5.90 Å². The first-order chi connectivity index (χ1) is 11.2. The van der Waals surface area contributed by atoms with E-state index in [1.807, 2.05) is 24.3 Å². The molecule has 0 aliphatic carbocycles. The summed E-state index contributed by atoms with van der Waals surface area (Å²) < 4.78 is 5.96. The van der Waals surface area contributed by atoms with Gasteiger partial charge in [-0.2, -0.15) is 0 Å². The normalized spacial score (nSPS) is 22.2. The third kappa shape index (κ3) is 2.97. The molecule has 0 fully saturated rings. The van der Waals surface area contributed by atoms with Gasteiger partial charge in [0, 0.05) is 11.3 Å². The second-order valence-corrected chi connectivity index (χ2v) is 6.83. The van der Waals surface area contributed by atoms with Crippen LogP contribution in [0.1, 0.15) is 16.7 Å². The minimum atomic E-state index is -0.163. The Morgan fingerprint density at radius 2 is 1.57 bits per heavy atom. The zero-order valence-corrected chi connectivity index (χ0v) is 13.8. The lowest BCUT2D eigenvalue weighted by molar-refractivity contribution is 0.289. The molecule has 2 aliphatic heterocycles. The van der Waals surface area contributed by atoms with Gasteiger partial charge < -0.3 is 10.1 Å². The number of aryl methyl sites for hydroxylation is 2. The van der Waals surface area contributed by atoms with E-state index < -0.39 is 0 Å². The zero-order valence-electron chi connectivity index (χ0n) is 13.0. The molecule has 23 heavy (non-hydrogen) atoms. The van der Waals surface area contributed by atoms with Gasteiger partial charge >= 0.3 is 0 Å². The molecule has 4 rings (SSSR count). The van der Waals surface area contributed by atoms with Crippen LogP contribution in [0.3, 0.4) is 0 Å². The summed E-state index contributed by atoms with van der Waals surface area (Å²) in [7, 11) is 0. The average molecular weight is 323 g/mol. The standard InChI is InChI=1S/C18H17N3OS/c1-11-3-7-13(8-4-11)16-20-15-17(22-16)23-18(21-15)19-14-9-5-12(2)6-10-14/h3-10,15,17H,1-2H3,(H,19,21)/t15-,17-/m1/s1. The second kappa shape index (κ2) is 5.74. The fraction of sp³-hybridized carbons (Fsp3) is 0.222. The summed E-state index contributed by atoms with van der Waals surface area (Å²) in [5, 5.41) is 4.18. The Labute approximate surface area is 139 Å². The third-order valence-corrected chi connectivity index (χ3v) is 4.80. The van der Waals surface area contributed by atoms with Gasteiger partial charge in [-0.25, -0.2) is 9.98 Å². The molecule has 0 saturated heterocycles. The predicted molar refractivity (Wildman–Crippen MR) is 96.2 cm³/mol. The summed E-state index contributed by atoms with van der Waals surface area (Å²) in [4.78, 5) is 9.22. The van der Waals surface area contributed by atoms with Crippen molar-refractivity contribution in [1.82, 2.24) is 0 Å². The molecule has 0 amide bonds. The lowest BCUT2D eigenvalue weighted by Gasteiger charge is -2.09. The van der Waals surface area contributed by atoms with Crippen LogP contribution < -0.4 is 5.32 Å². The molecule has 0 aromatic heterocycles. The summed E-state index contributed by atoms with van der Waals surface area (Å²) in [6.07, 6.45) is -0.163. The molecule has 2 aromatic carbocycles. The van der Waals surface area contributed by atoms with E-state index in [4.69, 9.17) is 4.74 Å². The minimum absolute atomic E-state index is 0.0701. The lowest BCUT2D eigenvalue weighted by atomic mass is 10.1. The fourth-order valence-electron chi connectivity index (χ4n) is 2.48. The number of nitrogens with one attached hydrogen (secondary N) is 1. The maximum Gasteiger partial charge on any atom is 0.219 e. The molecule has 2 heterocycles. The van der Waals surface area contributed by atoms with Crippen molar-refractivity contribution in [2.45, 2.75) is 25.4 Å². The van der Waals surface area contributed by atoms with Crippen LogP contribution in [0.2, 0.25) is 0 Å². The molecule has 4 nitrogen and oxygen atoms in total. The molecule has 0 spiro atoms. The fourth-order valence-corrected chi connectivity index (χ4v) is 3.43. The van der Waals surface area contributed by atoms with Crippen LogP contribution in [0.15, 0.2) is 58.5 Å². The molecule has 0 bridgehead atoms. The number of nitrogens with zero attached hydrogens (tertiary/aromatic N) is 2. The Balaban J connectivity index is 1.48. The summed E-state index contributed by atoms with van der Waals surface area (Å²) >= 11 is 1.58. The van der Waals surface area contributed by atoms with Crippen LogP contribution in [0.4, 0.5) is 5.69 Å². The number of hydrogen-bond donors (Lipinski definition) is 1. The molecular formula is C18H17N3OS. The highest BCUT2D eigenvalue weighted by Crippen LogP contribution is 2.34. The van der Waals surface area contributed by atoms with E-state index >= 15 is 0 Å². The maximum atomic E-state index is 5.96. The summed E-state index contributed by atoms with van der Waals surface area (Å²) in [5.41, 5.74) is 4.44. The predicted octanol–water partition coefficient (Wildman–Crippen LogP) is 3.95. The first-order valence-corrected chi connectivity index (χ1v) is 8.45. The van der Waals surface area contributed by atoms with Crippen molar-refractivity contribution >= 4 is 28.5 Å². The number of thioether (sulfide) groups is 1. The van der Waals surface area contributed by atoms with Gasteiger partial charge in [0.2, 0.25) is 5.90 Å². The van der Waals surface area contributed by atoms with E-state index in [9.17, 15) is 0 Å². The molecule has 1 N–H and O–H groups in total. The molecule has 2 aliphatic rings. The van der Waals surface area contributed by atoms with E-state index in [1.54, 1.807) is 11.8 Å². The highest BCUT2D eigenvalue weighted by atomic mass is 32.2. The first kappa shape index (κ1) is 14.3. The van der Waals surface area contributed by atoms with E-state index in [-0.39, 0.29) is 11.6 Å². The Kier molecular flexibility index (Phi) is 3.58. The molecule has 0 radical (unpaired) electrons. The Bertz CT molecular complexity index is 781. The van der Waals surface area contributed by atoms with Gasteiger partial charge in [0.15, 0.2) is 16.8 Å². The summed E-state index contributed by atoms with van der Waals surface area (Å²) in [6, 6.07) is 16.5. The molecule has 5 heteroatoms. The van der Waals surface area contributed by atoms with Gasteiger partial charge in [-0.05, 0) is 49.9 Å². The monoisotopic (exact) mass is 323 g/mol. The van der Waals surface area contributed by atoms with Gasteiger partial charge in [0.1, 0.15) is 0 Å². The third-order valence-electron chi connectivity index (χ3n) is 3.80. The van der Waals surface area contributed by atoms with Crippen molar-refractivity contribution in [1.29, 1.82) is 0 Å². The number of aliphatic imine (C=N–C) groups is 2. The molecule has 2 atom stereocenters. The second-order valence-electron chi connectivity index (χ2n) is 5.74. The number of fused-ring (bicyclic) bond motifs is 1. The minimum Gasteiger partial charge on any atom is -0.458 e. The quantitative estimate of drug-likeness (QED) is 0.910. The van der Waals surface area contributed by atoms with E-state index in [1.165, 1.54) is 11.1 Å². The molecular weight excluding hydrogens is 306 g/mol. The SMILES string of the molecule is Cc1ccc(NC2=N[C@H]3N=C(c4ccc(C)cc4)O[C@@H]3S2)cc1. The van der Waals surface area contributed by atoms with Crippen LogP contribution in [0, 0.1) is 13.8 Å². The zero-order chi connectivity index (χ0) is 15.8. The molecule has 116 valence electrons. The van der Waals surface area contributed by atoms with Crippen LogP contribution in [-0.4, -0.2) is 22.7 Å². The van der Waals surface area contributed by atoms with Crippen molar-refractivity contribution < 1.29 is 4.74 Å². The van der Waals surface area contributed by atoms with Crippen molar-refractivity contribution in [3.05, 3.63) is 65.2 Å². The maximum absolute atomic E-state index is 5.96. The largest absolute Gasteiger partial charge is 0.458 e. The lowest BCUT2D eigenvalue weighted by Crippen LogP contribution is -2.13. The number of amidine groups is 1. The number of ether oxygens (including phenoxy) is 1.